The fourth-order valence-electron chi connectivity index (χ4n) is 2.65. The van der Waals surface area contributed by atoms with Crippen molar-refractivity contribution < 1.29 is 4.79 Å². The van der Waals surface area contributed by atoms with Crippen LogP contribution in [0, 0.1) is 13.8 Å². The Morgan fingerprint density at radius 1 is 1.04 bits per heavy atom. The van der Waals surface area contributed by atoms with Crippen molar-refractivity contribution in [3.63, 3.8) is 0 Å². The minimum absolute atomic E-state index is 0.178. The molecule has 24 heavy (non-hydrogen) atoms. The lowest BCUT2D eigenvalue weighted by molar-refractivity contribution is -0.110. The molecule has 0 fully saturated rings. The molecule has 0 unspecified atom stereocenters. The second-order valence-corrected chi connectivity index (χ2v) is 6.68. The van der Waals surface area contributed by atoms with E-state index in [1.165, 1.54) is 16.9 Å². The Hall–Kier alpha value is -2.79. The number of amides is 1. The topological polar surface area (TPSA) is 54.4 Å². The van der Waals surface area contributed by atoms with Crippen molar-refractivity contribution in [2.75, 3.05) is 5.32 Å². The highest BCUT2D eigenvalue weighted by Gasteiger charge is 2.26. The highest BCUT2D eigenvalue weighted by molar-refractivity contribution is 7.13. The Morgan fingerprint density at radius 2 is 1.79 bits per heavy atom. The number of carbonyl (C=O) groups is 1. The number of carbonyl (C=O) groups excluding carboxylic acids is 1. The van der Waals surface area contributed by atoms with E-state index < -0.39 is 0 Å². The number of aliphatic imine (C=N–C) groups is 1. The molecule has 4 rings (SSSR count). The van der Waals surface area contributed by atoms with Crippen LogP contribution in [0.15, 0.2) is 52.8 Å². The molecule has 2 heterocycles. The number of hydrogen-bond donors (Lipinski definition) is 1. The normalized spacial score (nSPS) is 14.8. The molecular weight excluding hydrogens is 318 g/mol. The lowest BCUT2D eigenvalue weighted by atomic mass is 10.1. The van der Waals surface area contributed by atoms with Gasteiger partial charge in [0.15, 0.2) is 0 Å². The zero-order valence-electron chi connectivity index (χ0n) is 13.3. The van der Waals surface area contributed by atoms with Crippen molar-refractivity contribution in [2.45, 2.75) is 13.8 Å². The lowest BCUT2D eigenvalue weighted by Crippen LogP contribution is -2.13. The molecule has 5 heteroatoms. The number of aryl methyl sites for hydroxylation is 2. The molecule has 4 nitrogen and oxygen atoms in total. The highest BCUT2D eigenvalue weighted by atomic mass is 32.1. The summed E-state index contributed by atoms with van der Waals surface area (Å²) in [5.41, 5.74) is 6.31. The van der Waals surface area contributed by atoms with Gasteiger partial charge in [-0.05, 0) is 26.0 Å². The molecular formula is C19H15N3OS. The number of rotatable bonds is 2. The van der Waals surface area contributed by atoms with Crippen LogP contribution in [0.3, 0.4) is 0 Å². The van der Waals surface area contributed by atoms with Crippen LogP contribution in [0.2, 0.25) is 0 Å². The van der Waals surface area contributed by atoms with E-state index in [0.717, 1.165) is 28.1 Å². The smallest absolute Gasteiger partial charge is 0.275 e. The standard InChI is InChI=1S/C19H15N3OS/c1-11-3-6-13(7-4-11)16-10-24-19(21-16)22-17-14-9-12(2)5-8-15(14)20-18(17)23/h3-10H,1-2H3,(H,20,21,22,23). The summed E-state index contributed by atoms with van der Waals surface area (Å²) in [6.45, 7) is 4.06. The molecule has 0 spiro atoms. The Bertz CT molecular complexity index is 971. The van der Waals surface area contributed by atoms with E-state index >= 15 is 0 Å². The summed E-state index contributed by atoms with van der Waals surface area (Å²) in [6, 6.07) is 14.1. The van der Waals surface area contributed by atoms with E-state index in [1.54, 1.807) is 0 Å². The second kappa shape index (κ2) is 5.69. The van der Waals surface area contributed by atoms with Gasteiger partial charge in [0.2, 0.25) is 5.13 Å². The first kappa shape index (κ1) is 14.8. The fraction of sp³-hybridized carbons (Fsp3) is 0.105. The van der Waals surface area contributed by atoms with E-state index in [9.17, 15) is 4.79 Å². The first-order valence-corrected chi connectivity index (χ1v) is 8.52. The van der Waals surface area contributed by atoms with Crippen LogP contribution >= 0.6 is 11.3 Å². The van der Waals surface area contributed by atoms with Crippen LogP contribution in [0.1, 0.15) is 16.7 Å². The largest absolute Gasteiger partial charge is 0.320 e. The summed E-state index contributed by atoms with van der Waals surface area (Å²) in [5, 5.41) is 5.40. The maximum absolute atomic E-state index is 12.2. The van der Waals surface area contributed by atoms with Gasteiger partial charge in [-0.25, -0.2) is 9.98 Å². The highest BCUT2D eigenvalue weighted by Crippen LogP contribution is 2.30. The van der Waals surface area contributed by atoms with Gasteiger partial charge in [0.05, 0.1) is 11.4 Å². The number of benzene rings is 2. The average molecular weight is 333 g/mol. The fourth-order valence-corrected chi connectivity index (χ4v) is 3.35. The van der Waals surface area contributed by atoms with Crippen molar-refractivity contribution >= 4 is 33.8 Å². The molecule has 1 amide bonds. The summed E-state index contributed by atoms with van der Waals surface area (Å²) >= 11 is 1.44. The maximum atomic E-state index is 12.2. The SMILES string of the molecule is Cc1ccc(-c2csc(/N=C3\C(=O)Nc4ccc(C)cc43)n2)cc1. The molecule has 0 saturated heterocycles. The minimum Gasteiger partial charge on any atom is -0.320 e. The van der Waals surface area contributed by atoms with Gasteiger partial charge in [-0.2, -0.15) is 0 Å². The van der Waals surface area contributed by atoms with E-state index in [0.29, 0.717) is 10.8 Å². The first-order chi connectivity index (χ1) is 11.6. The van der Waals surface area contributed by atoms with Crippen LogP contribution in [-0.4, -0.2) is 16.6 Å². The van der Waals surface area contributed by atoms with Crippen LogP contribution in [0.5, 0.6) is 0 Å². The Morgan fingerprint density at radius 3 is 2.58 bits per heavy atom. The van der Waals surface area contributed by atoms with E-state index in [-0.39, 0.29) is 5.91 Å². The zero-order valence-corrected chi connectivity index (χ0v) is 14.1. The third-order valence-electron chi connectivity index (χ3n) is 3.94. The summed E-state index contributed by atoms with van der Waals surface area (Å²) < 4.78 is 0. The van der Waals surface area contributed by atoms with Crippen molar-refractivity contribution in [1.82, 2.24) is 4.98 Å². The first-order valence-electron chi connectivity index (χ1n) is 7.64. The second-order valence-electron chi connectivity index (χ2n) is 5.84. The van der Waals surface area contributed by atoms with Gasteiger partial charge in [-0.3, -0.25) is 4.79 Å². The number of nitrogens with one attached hydrogen (secondary N) is 1. The lowest BCUT2D eigenvalue weighted by Gasteiger charge is -1.98. The third-order valence-corrected chi connectivity index (χ3v) is 4.67. The monoisotopic (exact) mass is 333 g/mol. The molecule has 0 aliphatic carbocycles. The van der Waals surface area contributed by atoms with E-state index in [4.69, 9.17) is 0 Å². The number of nitrogens with zero attached hydrogens (tertiary/aromatic N) is 2. The van der Waals surface area contributed by atoms with Crippen molar-refractivity contribution in [3.05, 3.63) is 64.5 Å². The van der Waals surface area contributed by atoms with Crippen LogP contribution in [-0.2, 0) is 4.79 Å². The van der Waals surface area contributed by atoms with E-state index in [1.807, 2.05) is 42.6 Å². The van der Waals surface area contributed by atoms with Gasteiger partial charge >= 0.3 is 0 Å². The van der Waals surface area contributed by atoms with E-state index in [2.05, 4.69) is 34.3 Å². The molecule has 0 atom stereocenters. The Balaban J connectivity index is 1.71. The quantitative estimate of drug-likeness (QED) is 0.750. The predicted octanol–water partition coefficient (Wildman–Crippen LogP) is 4.50. The molecule has 1 N–H and O–H groups in total. The zero-order chi connectivity index (χ0) is 16.7. The molecule has 0 saturated carbocycles. The van der Waals surface area contributed by atoms with Crippen molar-refractivity contribution in [1.29, 1.82) is 0 Å². The van der Waals surface area contributed by atoms with Gasteiger partial charge < -0.3 is 5.32 Å². The Kier molecular flexibility index (Phi) is 3.50. The summed E-state index contributed by atoms with van der Waals surface area (Å²) in [6.07, 6.45) is 0. The van der Waals surface area contributed by atoms with Gasteiger partial charge in [0.1, 0.15) is 5.71 Å². The van der Waals surface area contributed by atoms with Gasteiger partial charge in [-0.1, -0.05) is 41.5 Å². The Labute approximate surface area is 143 Å². The molecule has 1 aliphatic heterocycles. The number of anilines is 1. The molecule has 118 valence electrons. The van der Waals surface area contributed by atoms with Crippen LogP contribution < -0.4 is 5.32 Å². The van der Waals surface area contributed by atoms with Crippen LogP contribution in [0.4, 0.5) is 10.8 Å². The van der Waals surface area contributed by atoms with Gasteiger partial charge in [-0.15, -0.1) is 11.3 Å². The average Bonchev–Trinajstić information content (AvgIpc) is 3.14. The maximum Gasteiger partial charge on any atom is 0.275 e. The molecule has 3 aromatic rings. The molecule has 1 aromatic heterocycles. The summed E-state index contributed by atoms with van der Waals surface area (Å²) in [7, 11) is 0. The van der Waals surface area contributed by atoms with Crippen molar-refractivity contribution in [2.24, 2.45) is 4.99 Å². The molecule has 2 aromatic carbocycles. The number of hydrogen-bond acceptors (Lipinski definition) is 4. The predicted molar refractivity (Wildman–Crippen MR) is 98.3 cm³/mol. The number of fused-ring (bicyclic) bond motifs is 1. The molecule has 1 aliphatic rings. The molecule has 0 bridgehead atoms. The third kappa shape index (κ3) is 2.63. The number of thiazole rings is 1. The van der Waals surface area contributed by atoms with Crippen LogP contribution in [0.25, 0.3) is 11.3 Å². The van der Waals surface area contributed by atoms with Gasteiger partial charge in [0.25, 0.3) is 5.91 Å². The number of aromatic nitrogens is 1. The minimum atomic E-state index is -0.178. The molecule has 0 radical (unpaired) electrons. The van der Waals surface area contributed by atoms with Gasteiger partial charge in [0, 0.05) is 16.5 Å². The summed E-state index contributed by atoms with van der Waals surface area (Å²) in [5.74, 6) is -0.178. The van der Waals surface area contributed by atoms with Crippen molar-refractivity contribution in [3.8, 4) is 11.3 Å². The summed E-state index contributed by atoms with van der Waals surface area (Å²) in [4.78, 5) is 21.2.